The van der Waals surface area contributed by atoms with Crippen LogP contribution < -0.4 is 14.8 Å². The Morgan fingerprint density at radius 1 is 1.16 bits per heavy atom. The first-order valence-corrected chi connectivity index (χ1v) is 6.11. The zero-order valence-electron chi connectivity index (χ0n) is 11.4. The fourth-order valence-electron chi connectivity index (χ4n) is 1.92. The molecular formula is C15H18N2O2. The molecule has 0 aliphatic heterocycles. The Bertz CT molecular complexity index is 556. The first-order valence-electron chi connectivity index (χ1n) is 6.11. The lowest BCUT2D eigenvalue weighted by Crippen LogP contribution is -2.05. The molecule has 0 spiro atoms. The van der Waals surface area contributed by atoms with Gasteiger partial charge in [0.15, 0.2) is 11.5 Å². The zero-order chi connectivity index (χ0) is 13.7. The van der Waals surface area contributed by atoms with E-state index in [1.807, 2.05) is 12.1 Å². The zero-order valence-corrected chi connectivity index (χ0v) is 11.4. The van der Waals surface area contributed by atoms with Gasteiger partial charge in [-0.3, -0.25) is 4.98 Å². The van der Waals surface area contributed by atoms with Crippen molar-refractivity contribution in [2.45, 2.75) is 13.5 Å². The smallest absolute Gasteiger partial charge is 0.184 e. The standard InChI is InChI=1S/C15H18N2O2/c1-11-5-4-6-12(9-11)17-10-13-15(19-3)14(18-2)7-8-16-13/h4-9,17H,10H2,1-3H3. The minimum Gasteiger partial charge on any atom is -0.493 e. The van der Waals surface area contributed by atoms with E-state index in [9.17, 15) is 0 Å². The molecule has 0 bridgehead atoms. The van der Waals surface area contributed by atoms with Gasteiger partial charge < -0.3 is 14.8 Å². The number of anilines is 1. The minimum absolute atomic E-state index is 0.587. The molecule has 2 aromatic rings. The Morgan fingerprint density at radius 3 is 2.68 bits per heavy atom. The Hall–Kier alpha value is -2.23. The summed E-state index contributed by atoms with van der Waals surface area (Å²) in [6.45, 7) is 2.65. The van der Waals surface area contributed by atoms with Crippen LogP contribution >= 0.6 is 0 Å². The second kappa shape index (κ2) is 6.09. The van der Waals surface area contributed by atoms with Crippen molar-refractivity contribution in [1.82, 2.24) is 4.98 Å². The van der Waals surface area contributed by atoms with Crippen molar-refractivity contribution in [2.75, 3.05) is 19.5 Å². The van der Waals surface area contributed by atoms with Gasteiger partial charge >= 0.3 is 0 Å². The summed E-state index contributed by atoms with van der Waals surface area (Å²) in [4.78, 5) is 4.33. The second-order valence-corrected chi connectivity index (χ2v) is 4.22. The normalized spacial score (nSPS) is 10.1. The summed E-state index contributed by atoms with van der Waals surface area (Å²) in [5.41, 5.74) is 3.10. The fourth-order valence-corrected chi connectivity index (χ4v) is 1.92. The lowest BCUT2D eigenvalue weighted by atomic mass is 10.2. The molecule has 0 unspecified atom stereocenters. The molecule has 0 aliphatic carbocycles. The van der Waals surface area contributed by atoms with Crippen LogP contribution in [0.4, 0.5) is 5.69 Å². The van der Waals surface area contributed by atoms with Gasteiger partial charge in [0.05, 0.1) is 20.8 Å². The van der Waals surface area contributed by atoms with E-state index in [4.69, 9.17) is 9.47 Å². The number of rotatable bonds is 5. The fraction of sp³-hybridized carbons (Fsp3) is 0.267. The van der Waals surface area contributed by atoms with Gasteiger partial charge in [-0.2, -0.15) is 0 Å². The first-order chi connectivity index (χ1) is 9.24. The molecule has 19 heavy (non-hydrogen) atoms. The lowest BCUT2D eigenvalue weighted by molar-refractivity contribution is 0.350. The molecule has 0 radical (unpaired) electrons. The highest BCUT2D eigenvalue weighted by atomic mass is 16.5. The number of aromatic nitrogens is 1. The molecule has 2 rings (SSSR count). The van der Waals surface area contributed by atoms with Crippen molar-refractivity contribution in [3.8, 4) is 11.5 Å². The Balaban J connectivity index is 2.15. The van der Waals surface area contributed by atoms with Gasteiger partial charge in [0.1, 0.15) is 5.69 Å². The van der Waals surface area contributed by atoms with Gasteiger partial charge in [0, 0.05) is 18.0 Å². The molecule has 1 heterocycles. The molecule has 0 amide bonds. The van der Waals surface area contributed by atoms with Crippen LogP contribution in [0.3, 0.4) is 0 Å². The molecule has 0 saturated carbocycles. The van der Waals surface area contributed by atoms with Crippen LogP contribution in [-0.4, -0.2) is 19.2 Å². The van der Waals surface area contributed by atoms with Crippen molar-refractivity contribution < 1.29 is 9.47 Å². The van der Waals surface area contributed by atoms with Crippen molar-refractivity contribution in [3.05, 3.63) is 47.8 Å². The van der Waals surface area contributed by atoms with E-state index in [2.05, 4.69) is 29.4 Å². The minimum atomic E-state index is 0.587. The number of benzene rings is 1. The maximum absolute atomic E-state index is 5.35. The largest absolute Gasteiger partial charge is 0.493 e. The molecule has 0 fully saturated rings. The van der Waals surface area contributed by atoms with Crippen LogP contribution in [-0.2, 0) is 6.54 Å². The van der Waals surface area contributed by atoms with E-state index in [0.717, 1.165) is 11.4 Å². The molecule has 4 heteroatoms. The van der Waals surface area contributed by atoms with Gasteiger partial charge in [0.2, 0.25) is 0 Å². The number of nitrogens with one attached hydrogen (secondary N) is 1. The maximum Gasteiger partial charge on any atom is 0.184 e. The number of hydrogen-bond donors (Lipinski definition) is 1. The van der Waals surface area contributed by atoms with Crippen LogP contribution in [0.25, 0.3) is 0 Å². The highest BCUT2D eigenvalue weighted by Crippen LogP contribution is 2.29. The highest BCUT2D eigenvalue weighted by molar-refractivity contribution is 5.48. The van der Waals surface area contributed by atoms with Crippen molar-refractivity contribution in [2.24, 2.45) is 0 Å². The maximum atomic E-state index is 5.35. The monoisotopic (exact) mass is 258 g/mol. The summed E-state index contributed by atoms with van der Waals surface area (Å²) in [6, 6.07) is 9.99. The molecule has 0 saturated heterocycles. The SMILES string of the molecule is COc1ccnc(CNc2cccc(C)c2)c1OC. The number of methoxy groups -OCH3 is 2. The van der Waals surface area contributed by atoms with E-state index in [-0.39, 0.29) is 0 Å². The first kappa shape index (κ1) is 13.2. The molecule has 0 atom stereocenters. The van der Waals surface area contributed by atoms with Crippen molar-refractivity contribution >= 4 is 5.69 Å². The molecule has 1 aromatic carbocycles. The summed E-state index contributed by atoms with van der Waals surface area (Å²) < 4.78 is 10.6. The molecule has 100 valence electrons. The Kier molecular flexibility index (Phi) is 4.23. The molecule has 1 N–H and O–H groups in total. The average molecular weight is 258 g/mol. The Morgan fingerprint density at radius 2 is 2.00 bits per heavy atom. The number of pyridine rings is 1. The van der Waals surface area contributed by atoms with E-state index in [1.54, 1.807) is 26.5 Å². The van der Waals surface area contributed by atoms with Crippen LogP contribution in [0.1, 0.15) is 11.3 Å². The predicted octanol–water partition coefficient (Wildman–Crippen LogP) is 3.02. The van der Waals surface area contributed by atoms with Crippen LogP contribution in [0.5, 0.6) is 11.5 Å². The molecule has 4 nitrogen and oxygen atoms in total. The van der Waals surface area contributed by atoms with Crippen LogP contribution in [0.2, 0.25) is 0 Å². The second-order valence-electron chi connectivity index (χ2n) is 4.22. The quantitative estimate of drug-likeness (QED) is 0.895. The van der Waals surface area contributed by atoms with E-state index >= 15 is 0 Å². The number of hydrogen-bond acceptors (Lipinski definition) is 4. The van der Waals surface area contributed by atoms with Gasteiger partial charge in [-0.15, -0.1) is 0 Å². The third kappa shape index (κ3) is 3.16. The summed E-state index contributed by atoms with van der Waals surface area (Å²) in [6.07, 6.45) is 1.72. The molecule has 0 aliphatic rings. The van der Waals surface area contributed by atoms with Crippen molar-refractivity contribution in [3.63, 3.8) is 0 Å². The van der Waals surface area contributed by atoms with Gasteiger partial charge in [0.25, 0.3) is 0 Å². The highest BCUT2D eigenvalue weighted by Gasteiger charge is 2.10. The summed E-state index contributed by atoms with van der Waals surface area (Å²) in [5.74, 6) is 1.36. The molecular weight excluding hydrogens is 240 g/mol. The van der Waals surface area contributed by atoms with E-state index < -0.39 is 0 Å². The average Bonchev–Trinajstić information content (AvgIpc) is 2.44. The third-order valence-corrected chi connectivity index (χ3v) is 2.84. The lowest BCUT2D eigenvalue weighted by Gasteiger charge is -2.12. The van der Waals surface area contributed by atoms with E-state index in [1.165, 1.54) is 5.56 Å². The van der Waals surface area contributed by atoms with Gasteiger partial charge in [-0.05, 0) is 24.6 Å². The number of ether oxygens (including phenoxy) is 2. The predicted molar refractivity (Wildman–Crippen MR) is 75.8 cm³/mol. The van der Waals surface area contributed by atoms with Crippen LogP contribution in [0.15, 0.2) is 36.5 Å². The number of aryl methyl sites for hydroxylation is 1. The van der Waals surface area contributed by atoms with Crippen LogP contribution in [0, 0.1) is 6.92 Å². The molecule has 1 aromatic heterocycles. The summed E-state index contributed by atoms with van der Waals surface area (Å²) in [7, 11) is 3.24. The van der Waals surface area contributed by atoms with Gasteiger partial charge in [-0.25, -0.2) is 0 Å². The van der Waals surface area contributed by atoms with Crippen molar-refractivity contribution in [1.29, 1.82) is 0 Å². The third-order valence-electron chi connectivity index (χ3n) is 2.84. The number of nitrogens with zero attached hydrogens (tertiary/aromatic N) is 1. The Labute approximate surface area is 113 Å². The summed E-state index contributed by atoms with van der Waals surface area (Å²) >= 11 is 0. The summed E-state index contributed by atoms with van der Waals surface area (Å²) in [5, 5.41) is 3.33. The topological polar surface area (TPSA) is 43.4 Å². The van der Waals surface area contributed by atoms with Gasteiger partial charge in [-0.1, -0.05) is 12.1 Å². The van der Waals surface area contributed by atoms with E-state index in [0.29, 0.717) is 18.0 Å².